The fraction of sp³-hybridized carbons (Fsp3) is 0.500. The topological polar surface area (TPSA) is 76.8 Å². The summed E-state index contributed by atoms with van der Waals surface area (Å²) in [6.07, 6.45) is 5.14. The number of nitrogens with zero attached hydrogens (tertiary/aromatic N) is 2. The number of nitrogens with two attached hydrogens (primary N) is 1. The van der Waals surface area contributed by atoms with Gasteiger partial charge in [-0.25, -0.2) is 9.97 Å². The Balaban J connectivity index is 2.20. The maximum absolute atomic E-state index is 5.90. The van der Waals surface area contributed by atoms with Crippen molar-refractivity contribution in [1.82, 2.24) is 15.0 Å². The van der Waals surface area contributed by atoms with E-state index in [4.69, 9.17) is 10.5 Å². The van der Waals surface area contributed by atoms with Crippen molar-refractivity contribution >= 4 is 11.0 Å². The predicted molar refractivity (Wildman–Crippen MR) is 64.6 cm³/mol. The number of H-pyrrole nitrogens is 1. The van der Waals surface area contributed by atoms with Gasteiger partial charge in [0.1, 0.15) is 17.6 Å². The number of aromatic amines is 1. The van der Waals surface area contributed by atoms with Crippen LogP contribution in [-0.2, 0) is 16.8 Å². The van der Waals surface area contributed by atoms with Crippen LogP contribution < -0.4 is 5.73 Å². The lowest BCUT2D eigenvalue weighted by molar-refractivity contribution is -0.0529. The van der Waals surface area contributed by atoms with Crippen LogP contribution in [0.25, 0.3) is 11.0 Å². The van der Waals surface area contributed by atoms with E-state index in [0.717, 1.165) is 36.2 Å². The van der Waals surface area contributed by atoms with Gasteiger partial charge in [0.2, 0.25) is 0 Å². The molecule has 2 aromatic heterocycles. The van der Waals surface area contributed by atoms with Gasteiger partial charge in [0.25, 0.3) is 0 Å². The molecule has 1 unspecified atom stereocenters. The first-order valence-corrected chi connectivity index (χ1v) is 5.90. The number of rotatable bonds is 2. The highest BCUT2D eigenvalue weighted by atomic mass is 16.5. The molecule has 0 fully saturated rings. The van der Waals surface area contributed by atoms with Gasteiger partial charge in [-0.15, -0.1) is 0 Å². The summed E-state index contributed by atoms with van der Waals surface area (Å²) in [5, 5.41) is 1.11. The molecule has 90 valence electrons. The summed E-state index contributed by atoms with van der Waals surface area (Å²) < 4.78 is 5.90. The zero-order valence-electron chi connectivity index (χ0n) is 9.86. The van der Waals surface area contributed by atoms with Crippen LogP contribution in [0.4, 0.5) is 0 Å². The maximum atomic E-state index is 5.90. The summed E-state index contributed by atoms with van der Waals surface area (Å²) >= 11 is 0. The van der Waals surface area contributed by atoms with Crippen molar-refractivity contribution in [2.75, 3.05) is 13.2 Å². The summed E-state index contributed by atoms with van der Waals surface area (Å²) in [6, 6.07) is 0. The Morgan fingerprint density at radius 2 is 2.47 bits per heavy atom. The molecule has 5 nitrogen and oxygen atoms in total. The quantitative estimate of drug-likeness (QED) is 0.812. The first kappa shape index (κ1) is 10.7. The predicted octanol–water partition coefficient (Wildman–Crippen LogP) is 1.09. The molecular weight excluding hydrogens is 216 g/mol. The fourth-order valence-corrected chi connectivity index (χ4v) is 2.61. The summed E-state index contributed by atoms with van der Waals surface area (Å²) in [7, 11) is 0. The van der Waals surface area contributed by atoms with Crippen LogP contribution in [0.2, 0.25) is 0 Å². The summed E-state index contributed by atoms with van der Waals surface area (Å²) in [5.41, 5.74) is 8.64. The van der Waals surface area contributed by atoms with Crippen LogP contribution in [0, 0.1) is 0 Å². The Kier molecular flexibility index (Phi) is 2.38. The molecule has 0 radical (unpaired) electrons. The molecule has 5 heteroatoms. The average Bonchev–Trinajstić information content (AvgIpc) is 2.70. The van der Waals surface area contributed by atoms with Gasteiger partial charge < -0.3 is 15.5 Å². The van der Waals surface area contributed by atoms with Gasteiger partial charge in [-0.05, 0) is 31.9 Å². The zero-order chi connectivity index (χ0) is 11.9. The van der Waals surface area contributed by atoms with Crippen LogP contribution in [0.15, 0.2) is 12.5 Å². The highest BCUT2D eigenvalue weighted by Gasteiger charge is 2.35. The Labute approximate surface area is 99.4 Å². The molecule has 0 saturated heterocycles. The van der Waals surface area contributed by atoms with E-state index in [9.17, 15) is 0 Å². The maximum Gasteiger partial charge on any atom is 0.141 e. The number of hydrogen-bond donors (Lipinski definition) is 2. The van der Waals surface area contributed by atoms with E-state index < -0.39 is 0 Å². The minimum Gasteiger partial charge on any atom is -0.369 e. The van der Waals surface area contributed by atoms with E-state index in [1.54, 1.807) is 6.33 Å². The smallest absolute Gasteiger partial charge is 0.141 e. The van der Waals surface area contributed by atoms with Crippen LogP contribution >= 0.6 is 0 Å². The molecule has 0 spiro atoms. The molecule has 0 saturated carbocycles. The molecule has 3 rings (SSSR count). The largest absolute Gasteiger partial charge is 0.369 e. The molecule has 0 bridgehead atoms. The molecule has 0 aromatic carbocycles. The third-order valence-corrected chi connectivity index (χ3v) is 3.51. The highest BCUT2D eigenvalue weighted by Crippen LogP contribution is 2.37. The van der Waals surface area contributed by atoms with Crippen LogP contribution in [0.1, 0.15) is 24.6 Å². The van der Waals surface area contributed by atoms with Crippen molar-refractivity contribution in [2.45, 2.75) is 25.4 Å². The monoisotopic (exact) mass is 232 g/mol. The number of ether oxygens (including phenoxy) is 1. The minimum absolute atomic E-state index is 0.316. The average molecular weight is 232 g/mol. The minimum atomic E-state index is -0.316. The molecule has 3 N–H and O–H groups in total. The van der Waals surface area contributed by atoms with Crippen molar-refractivity contribution in [3.05, 3.63) is 23.8 Å². The van der Waals surface area contributed by atoms with Crippen molar-refractivity contribution in [3.8, 4) is 0 Å². The number of nitrogens with one attached hydrogen (secondary N) is 1. The molecule has 1 aliphatic heterocycles. The number of fused-ring (bicyclic) bond motifs is 3. The molecular formula is C12H16N4O. The summed E-state index contributed by atoms with van der Waals surface area (Å²) in [4.78, 5) is 11.7. The molecule has 0 aliphatic carbocycles. The molecule has 1 atom stereocenters. The number of aromatic nitrogens is 3. The van der Waals surface area contributed by atoms with E-state index in [1.165, 1.54) is 5.56 Å². The van der Waals surface area contributed by atoms with Crippen LogP contribution in [-0.4, -0.2) is 28.1 Å². The Morgan fingerprint density at radius 3 is 3.29 bits per heavy atom. The second kappa shape index (κ2) is 3.78. The van der Waals surface area contributed by atoms with Crippen molar-refractivity contribution in [1.29, 1.82) is 0 Å². The zero-order valence-corrected chi connectivity index (χ0v) is 9.86. The Morgan fingerprint density at radius 1 is 1.59 bits per heavy atom. The van der Waals surface area contributed by atoms with Crippen molar-refractivity contribution < 1.29 is 4.74 Å². The molecule has 1 aliphatic rings. The lowest BCUT2D eigenvalue weighted by Crippen LogP contribution is -2.34. The standard InChI is InChI=1S/C12H16N4O/c1-12(3-4-13)10-8(2-5-17-12)9-6-14-7-15-11(9)16-10/h6-7H,2-5,13H2,1H3,(H,14,15,16). The van der Waals surface area contributed by atoms with Crippen LogP contribution in [0.3, 0.4) is 0 Å². The summed E-state index contributed by atoms with van der Waals surface area (Å²) in [6.45, 7) is 3.42. The first-order valence-electron chi connectivity index (χ1n) is 5.90. The van der Waals surface area contributed by atoms with Gasteiger partial charge in [0.15, 0.2) is 0 Å². The highest BCUT2D eigenvalue weighted by molar-refractivity contribution is 5.81. The van der Waals surface area contributed by atoms with E-state index >= 15 is 0 Å². The van der Waals surface area contributed by atoms with Gasteiger partial charge in [-0.1, -0.05) is 0 Å². The van der Waals surface area contributed by atoms with Gasteiger partial charge in [-0.3, -0.25) is 0 Å². The molecule has 2 aromatic rings. The van der Waals surface area contributed by atoms with E-state index in [0.29, 0.717) is 6.54 Å². The number of hydrogen-bond acceptors (Lipinski definition) is 4. The van der Waals surface area contributed by atoms with Gasteiger partial charge >= 0.3 is 0 Å². The first-order chi connectivity index (χ1) is 8.24. The van der Waals surface area contributed by atoms with Gasteiger partial charge in [0, 0.05) is 11.6 Å². The van der Waals surface area contributed by atoms with Crippen molar-refractivity contribution in [2.24, 2.45) is 5.73 Å². The Hall–Kier alpha value is -1.46. The van der Waals surface area contributed by atoms with Crippen molar-refractivity contribution in [3.63, 3.8) is 0 Å². The SMILES string of the molecule is CC1(CCN)OCCc2c1[nH]c1ncncc21. The van der Waals surface area contributed by atoms with E-state index in [2.05, 4.69) is 21.9 Å². The second-order valence-corrected chi connectivity index (χ2v) is 4.63. The van der Waals surface area contributed by atoms with E-state index in [-0.39, 0.29) is 5.60 Å². The van der Waals surface area contributed by atoms with E-state index in [1.807, 2.05) is 6.20 Å². The summed E-state index contributed by atoms with van der Waals surface area (Å²) in [5.74, 6) is 0. The molecule has 3 heterocycles. The van der Waals surface area contributed by atoms with Gasteiger partial charge in [-0.2, -0.15) is 0 Å². The lowest BCUT2D eigenvalue weighted by Gasteiger charge is -2.33. The molecule has 0 amide bonds. The lowest BCUT2D eigenvalue weighted by atomic mass is 9.90. The fourth-order valence-electron chi connectivity index (χ4n) is 2.61. The molecule has 17 heavy (non-hydrogen) atoms. The third-order valence-electron chi connectivity index (χ3n) is 3.51. The van der Waals surface area contributed by atoms with Crippen LogP contribution in [0.5, 0.6) is 0 Å². The normalized spacial score (nSPS) is 23.9. The Bertz CT molecular complexity index is 550. The van der Waals surface area contributed by atoms with Gasteiger partial charge in [0.05, 0.1) is 12.3 Å². The third kappa shape index (κ3) is 1.54. The second-order valence-electron chi connectivity index (χ2n) is 4.63.